The third-order valence-corrected chi connectivity index (χ3v) is 3.96. The lowest BCUT2D eigenvalue weighted by atomic mass is 9.97. The van der Waals surface area contributed by atoms with E-state index in [-0.39, 0.29) is 0 Å². The number of hydrogen-bond donors (Lipinski definition) is 2. The molecule has 24 heavy (non-hydrogen) atoms. The van der Waals surface area contributed by atoms with E-state index >= 15 is 0 Å². The Kier molecular flexibility index (Phi) is 4.70. The summed E-state index contributed by atoms with van der Waals surface area (Å²) in [6.45, 7) is 3.57. The molecule has 1 aromatic carbocycles. The Morgan fingerprint density at radius 2 is 2.00 bits per heavy atom. The van der Waals surface area contributed by atoms with Crippen molar-refractivity contribution in [3.63, 3.8) is 0 Å². The molecule has 0 bridgehead atoms. The number of imidazole rings is 1. The Bertz CT molecular complexity index is 755. The Morgan fingerprint density at radius 1 is 1.33 bits per heavy atom. The minimum absolute atomic E-state index is 0.407. The molecule has 2 aromatic rings. The molecule has 0 spiro atoms. The number of carbonyl (C=O) groups excluding carboxylic acids is 1. The van der Waals surface area contributed by atoms with Crippen LogP contribution in [0.15, 0.2) is 30.6 Å². The minimum atomic E-state index is -5.05. The van der Waals surface area contributed by atoms with Crippen molar-refractivity contribution in [1.82, 2.24) is 9.55 Å². The fourth-order valence-electron chi connectivity index (χ4n) is 2.38. The molecule has 0 aliphatic heterocycles. The molecule has 0 aliphatic carbocycles. The Hall–Kier alpha value is -2.35. The van der Waals surface area contributed by atoms with Gasteiger partial charge in [-0.1, -0.05) is 12.1 Å². The van der Waals surface area contributed by atoms with E-state index in [0.717, 1.165) is 21.9 Å². The van der Waals surface area contributed by atoms with E-state index in [9.17, 15) is 23.1 Å². The molecule has 0 aliphatic rings. The highest BCUT2D eigenvalue weighted by molar-refractivity contribution is 5.92. The first kappa shape index (κ1) is 18.0. The van der Waals surface area contributed by atoms with Gasteiger partial charge in [0, 0.05) is 25.1 Å². The number of aryl methyl sites for hydroxylation is 2. The van der Waals surface area contributed by atoms with Crippen molar-refractivity contribution in [2.75, 3.05) is 5.32 Å². The van der Waals surface area contributed by atoms with Crippen molar-refractivity contribution in [1.29, 1.82) is 0 Å². The molecule has 0 saturated heterocycles. The molecule has 0 unspecified atom stereocenters. The van der Waals surface area contributed by atoms with Crippen LogP contribution < -0.4 is 5.32 Å². The number of alkyl halides is 3. The molecule has 2 N–H and O–H groups in total. The first-order valence-electron chi connectivity index (χ1n) is 7.19. The van der Waals surface area contributed by atoms with Crippen molar-refractivity contribution in [3.8, 4) is 0 Å². The molecule has 0 fully saturated rings. The SMILES string of the molecule is Cc1cccc(NC(=O)C[C@@](O)(c2nccn2C)C(F)(F)F)c1C. The second-order valence-electron chi connectivity index (χ2n) is 5.69. The molecular weight excluding hydrogens is 323 g/mol. The van der Waals surface area contributed by atoms with E-state index in [0.29, 0.717) is 5.69 Å². The number of hydrogen-bond acceptors (Lipinski definition) is 3. The fourth-order valence-corrected chi connectivity index (χ4v) is 2.38. The molecule has 2 rings (SSSR count). The van der Waals surface area contributed by atoms with Crippen LogP contribution in [-0.4, -0.2) is 26.7 Å². The fraction of sp³-hybridized carbons (Fsp3) is 0.375. The quantitative estimate of drug-likeness (QED) is 0.899. The van der Waals surface area contributed by atoms with E-state index in [1.807, 2.05) is 13.0 Å². The highest BCUT2D eigenvalue weighted by Gasteiger charge is 2.58. The zero-order valence-corrected chi connectivity index (χ0v) is 13.5. The monoisotopic (exact) mass is 341 g/mol. The molecule has 8 heteroatoms. The van der Waals surface area contributed by atoms with Gasteiger partial charge in [-0.05, 0) is 31.0 Å². The molecular formula is C16H18F3N3O2. The topological polar surface area (TPSA) is 67.2 Å². The van der Waals surface area contributed by atoms with Crippen LogP contribution in [-0.2, 0) is 17.4 Å². The number of carbonyl (C=O) groups is 1. The number of nitrogens with zero attached hydrogens (tertiary/aromatic N) is 2. The van der Waals surface area contributed by atoms with Crippen LogP contribution in [0.1, 0.15) is 23.4 Å². The lowest BCUT2D eigenvalue weighted by molar-refractivity contribution is -0.270. The third-order valence-electron chi connectivity index (χ3n) is 3.96. The molecule has 130 valence electrons. The first-order valence-corrected chi connectivity index (χ1v) is 7.19. The zero-order valence-electron chi connectivity index (χ0n) is 13.5. The number of rotatable bonds is 4. The molecule has 1 aromatic heterocycles. The van der Waals surface area contributed by atoms with E-state index in [2.05, 4.69) is 10.3 Å². The van der Waals surface area contributed by atoms with Gasteiger partial charge in [-0.2, -0.15) is 13.2 Å². The van der Waals surface area contributed by atoms with Crippen LogP contribution in [0.3, 0.4) is 0 Å². The van der Waals surface area contributed by atoms with Crippen LogP contribution >= 0.6 is 0 Å². The predicted octanol–water partition coefficient (Wildman–Crippen LogP) is 2.82. The molecule has 1 amide bonds. The second-order valence-corrected chi connectivity index (χ2v) is 5.69. The maximum Gasteiger partial charge on any atom is 0.425 e. The lowest BCUT2D eigenvalue weighted by Gasteiger charge is -2.29. The summed E-state index contributed by atoms with van der Waals surface area (Å²) < 4.78 is 41.3. The highest BCUT2D eigenvalue weighted by Crippen LogP contribution is 2.41. The number of aromatic nitrogens is 2. The number of halogens is 3. The molecule has 0 saturated carbocycles. The zero-order chi connectivity index (χ0) is 18.1. The van der Waals surface area contributed by atoms with Crippen LogP contribution in [0.4, 0.5) is 18.9 Å². The van der Waals surface area contributed by atoms with E-state index in [4.69, 9.17) is 0 Å². The third kappa shape index (κ3) is 3.28. The maximum absolute atomic E-state index is 13.4. The molecule has 0 radical (unpaired) electrons. The number of anilines is 1. The average Bonchev–Trinajstić information content (AvgIpc) is 2.89. The standard InChI is InChI=1S/C16H18F3N3O2/c1-10-5-4-6-12(11(10)2)21-13(23)9-15(24,16(17,18)19)14-20-7-8-22(14)3/h4-8,24H,9H2,1-3H3,(H,21,23)/t15-/m1/s1. The predicted molar refractivity (Wildman–Crippen MR) is 82.3 cm³/mol. The number of aliphatic hydroxyl groups is 1. The van der Waals surface area contributed by atoms with Gasteiger partial charge in [0.05, 0.1) is 6.42 Å². The van der Waals surface area contributed by atoms with Crippen molar-refractivity contribution in [2.45, 2.75) is 32.0 Å². The van der Waals surface area contributed by atoms with Crippen LogP contribution in [0.5, 0.6) is 0 Å². The Balaban J connectivity index is 2.29. The van der Waals surface area contributed by atoms with Crippen molar-refractivity contribution in [3.05, 3.63) is 47.5 Å². The molecule has 1 atom stereocenters. The summed E-state index contributed by atoms with van der Waals surface area (Å²) in [5, 5.41) is 12.6. The van der Waals surface area contributed by atoms with E-state index < -0.39 is 29.9 Å². The Labute approximate surface area is 137 Å². The first-order chi connectivity index (χ1) is 11.1. The van der Waals surface area contributed by atoms with Gasteiger partial charge < -0.3 is 15.0 Å². The van der Waals surface area contributed by atoms with Gasteiger partial charge in [0.2, 0.25) is 11.5 Å². The average molecular weight is 341 g/mol. The molecule has 1 heterocycles. The smallest absolute Gasteiger partial charge is 0.374 e. The summed E-state index contributed by atoms with van der Waals surface area (Å²) in [4.78, 5) is 15.7. The highest BCUT2D eigenvalue weighted by atomic mass is 19.4. The largest absolute Gasteiger partial charge is 0.425 e. The normalized spacial score (nSPS) is 14.3. The van der Waals surface area contributed by atoms with E-state index in [1.165, 1.54) is 13.2 Å². The van der Waals surface area contributed by atoms with Gasteiger partial charge in [0.15, 0.2) is 5.82 Å². The van der Waals surface area contributed by atoms with Gasteiger partial charge in [-0.25, -0.2) is 4.98 Å². The van der Waals surface area contributed by atoms with Crippen LogP contribution in [0.2, 0.25) is 0 Å². The number of amides is 1. The van der Waals surface area contributed by atoms with Gasteiger partial charge in [-0.15, -0.1) is 0 Å². The van der Waals surface area contributed by atoms with Crippen molar-refractivity contribution < 1.29 is 23.1 Å². The summed E-state index contributed by atoms with van der Waals surface area (Å²) in [6.07, 6.45) is -3.83. The van der Waals surface area contributed by atoms with Gasteiger partial charge in [-0.3, -0.25) is 4.79 Å². The van der Waals surface area contributed by atoms with Crippen molar-refractivity contribution >= 4 is 11.6 Å². The summed E-state index contributed by atoms with van der Waals surface area (Å²) in [5.41, 5.74) is -1.32. The van der Waals surface area contributed by atoms with Crippen LogP contribution in [0.25, 0.3) is 0 Å². The lowest BCUT2D eigenvalue weighted by Crippen LogP contribution is -2.46. The van der Waals surface area contributed by atoms with E-state index in [1.54, 1.807) is 19.1 Å². The van der Waals surface area contributed by atoms with Gasteiger partial charge in [0.25, 0.3) is 0 Å². The maximum atomic E-state index is 13.4. The summed E-state index contributed by atoms with van der Waals surface area (Å²) >= 11 is 0. The number of nitrogens with one attached hydrogen (secondary N) is 1. The van der Waals surface area contributed by atoms with Gasteiger partial charge >= 0.3 is 6.18 Å². The minimum Gasteiger partial charge on any atom is -0.374 e. The second kappa shape index (κ2) is 6.27. The summed E-state index contributed by atoms with van der Waals surface area (Å²) in [7, 11) is 1.32. The number of benzene rings is 1. The summed E-state index contributed by atoms with van der Waals surface area (Å²) in [6, 6.07) is 5.10. The molecule has 5 nitrogen and oxygen atoms in total. The van der Waals surface area contributed by atoms with Crippen LogP contribution in [0, 0.1) is 13.8 Å². The van der Waals surface area contributed by atoms with Gasteiger partial charge in [0.1, 0.15) is 0 Å². The van der Waals surface area contributed by atoms with Crippen molar-refractivity contribution in [2.24, 2.45) is 7.05 Å². The summed E-state index contributed by atoms with van der Waals surface area (Å²) in [5.74, 6) is -1.59. The Morgan fingerprint density at radius 3 is 2.54 bits per heavy atom.